The van der Waals surface area contributed by atoms with E-state index >= 15 is 0 Å². The Kier molecular flexibility index (Phi) is 5.26. The molecule has 0 amide bonds. The summed E-state index contributed by atoms with van der Waals surface area (Å²) in [4.78, 5) is 26.1. The molecule has 0 bridgehead atoms. The van der Waals surface area contributed by atoms with E-state index in [1.54, 1.807) is 0 Å². The Morgan fingerprint density at radius 2 is 2.03 bits per heavy atom. The molecule has 2 heterocycles. The number of halogens is 3. The van der Waals surface area contributed by atoms with Crippen LogP contribution < -0.4 is 0 Å². The molecule has 9 nitrogen and oxygen atoms in total. The van der Waals surface area contributed by atoms with E-state index in [1.165, 1.54) is 35.9 Å². The summed E-state index contributed by atoms with van der Waals surface area (Å²) in [6.07, 6.45) is -2.75. The van der Waals surface area contributed by atoms with Gasteiger partial charge in [0.2, 0.25) is 0 Å². The Morgan fingerprint density at radius 3 is 2.72 bits per heavy atom. The molecular weight excluding hydrogens is 395 g/mol. The van der Waals surface area contributed by atoms with Gasteiger partial charge in [0.25, 0.3) is 5.69 Å². The van der Waals surface area contributed by atoms with E-state index in [0.29, 0.717) is 11.9 Å². The van der Waals surface area contributed by atoms with Gasteiger partial charge in [0.05, 0.1) is 21.9 Å². The molecule has 0 N–H and O–H groups in total. The maximum Gasteiger partial charge on any atom is 0.417 e. The zero-order valence-corrected chi connectivity index (χ0v) is 14.8. The second-order valence-corrected chi connectivity index (χ2v) is 5.87. The van der Waals surface area contributed by atoms with Gasteiger partial charge in [-0.25, -0.2) is 9.48 Å². The molecule has 0 aliphatic rings. The third-order valence-electron chi connectivity index (χ3n) is 3.87. The quantitative estimate of drug-likeness (QED) is 0.362. The van der Waals surface area contributed by atoms with Gasteiger partial charge in [-0.2, -0.15) is 13.2 Å². The van der Waals surface area contributed by atoms with Gasteiger partial charge in [0.15, 0.2) is 5.69 Å². The van der Waals surface area contributed by atoms with Crippen LogP contribution in [-0.2, 0) is 17.5 Å². The van der Waals surface area contributed by atoms with Crippen LogP contribution in [0.4, 0.5) is 18.9 Å². The van der Waals surface area contributed by atoms with Crippen LogP contribution in [0, 0.1) is 17.0 Å². The molecule has 0 aliphatic heterocycles. The monoisotopic (exact) mass is 407 g/mol. The Hall–Kier alpha value is -3.83. The number of carbonyl (C=O) groups is 1. The van der Waals surface area contributed by atoms with Crippen LogP contribution in [0.2, 0.25) is 0 Å². The third kappa shape index (κ3) is 4.36. The highest BCUT2D eigenvalue weighted by molar-refractivity contribution is 5.88. The molecule has 0 saturated carbocycles. The average molecular weight is 407 g/mol. The van der Waals surface area contributed by atoms with E-state index in [-0.39, 0.29) is 22.6 Å². The van der Waals surface area contributed by atoms with Gasteiger partial charge < -0.3 is 4.74 Å². The molecule has 150 valence electrons. The maximum atomic E-state index is 12.7. The average Bonchev–Trinajstić information content (AvgIpc) is 3.07. The first kappa shape index (κ1) is 19.9. The molecule has 0 radical (unpaired) electrons. The van der Waals surface area contributed by atoms with Crippen LogP contribution in [0.15, 0.2) is 42.7 Å². The van der Waals surface area contributed by atoms with Crippen molar-refractivity contribution in [1.29, 1.82) is 0 Å². The van der Waals surface area contributed by atoms with E-state index < -0.39 is 29.2 Å². The highest BCUT2D eigenvalue weighted by Crippen LogP contribution is 2.29. The summed E-state index contributed by atoms with van der Waals surface area (Å²) in [6.45, 7) is 1.06. The van der Waals surface area contributed by atoms with Crippen molar-refractivity contribution in [2.45, 2.75) is 19.7 Å². The number of pyridine rings is 1. The number of aromatic nitrogens is 4. The lowest BCUT2D eigenvalue weighted by atomic mass is 10.2. The van der Waals surface area contributed by atoms with E-state index in [2.05, 4.69) is 15.3 Å². The third-order valence-corrected chi connectivity index (χ3v) is 3.87. The number of carbonyl (C=O) groups excluding carboxylic acids is 1. The van der Waals surface area contributed by atoms with Crippen LogP contribution in [0.1, 0.15) is 27.3 Å². The molecule has 0 atom stereocenters. The summed E-state index contributed by atoms with van der Waals surface area (Å²) in [6, 6.07) is 6.37. The van der Waals surface area contributed by atoms with E-state index in [0.717, 1.165) is 12.3 Å². The fourth-order valence-electron chi connectivity index (χ4n) is 2.44. The zero-order chi connectivity index (χ0) is 21.2. The summed E-state index contributed by atoms with van der Waals surface area (Å²) < 4.78 is 44.4. The van der Waals surface area contributed by atoms with Crippen molar-refractivity contribution in [3.8, 4) is 5.69 Å². The maximum absolute atomic E-state index is 12.7. The summed E-state index contributed by atoms with van der Waals surface area (Å²) in [5.41, 5.74) is -0.686. The standard InChI is InChI=1S/C17H12F3N5O4/c1-10-15(22-23-24(10)13-3-2-4-14(6-13)25(27)28)16(26)29-9-11-5-12(8-21-7-11)17(18,19)20/h2-8H,9H2,1H3. The number of nitrogens with zero attached hydrogens (tertiary/aromatic N) is 5. The predicted octanol–water partition coefficient (Wildman–Crippen LogP) is 3.25. The van der Waals surface area contributed by atoms with Gasteiger partial charge in [-0.1, -0.05) is 11.3 Å². The van der Waals surface area contributed by atoms with Gasteiger partial charge in [-0.05, 0) is 19.1 Å². The van der Waals surface area contributed by atoms with Crippen molar-refractivity contribution in [1.82, 2.24) is 20.0 Å². The number of rotatable bonds is 5. The van der Waals surface area contributed by atoms with Gasteiger partial charge in [0.1, 0.15) is 6.61 Å². The fourth-order valence-corrected chi connectivity index (χ4v) is 2.44. The van der Waals surface area contributed by atoms with E-state index in [1.807, 2.05) is 0 Å². The summed E-state index contributed by atoms with van der Waals surface area (Å²) >= 11 is 0. The molecule has 3 aromatic rings. The normalized spacial score (nSPS) is 11.3. The van der Waals surface area contributed by atoms with Crippen LogP contribution in [-0.4, -0.2) is 30.9 Å². The number of nitro benzene ring substituents is 1. The zero-order valence-electron chi connectivity index (χ0n) is 14.8. The topological polar surface area (TPSA) is 113 Å². The SMILES string of the molecule is Cc1c(C(=O)OCc2cncc(C(F)(F)F)c2)nnn1-c1cccc([N+](=O)[O-])c1. The highest BCUT2D eigenvalue weighted by Gasteiger charge is 2.31. The molecule has 1 aromatic carbocycles. The van der Waals surface area contributed by atoms with Crippen molar-refractivity contribution in [3.05, 3.63) is 75.4 Å². The summed E-state index contributed by atoms with van der Waals surface area (Å²) in [5.74, 6) is -0.906. The number of hydrogen-bond donors (Lipinski definition) is 0. The lowest BCUT2D eigenvalue weighted by Gasteiger charge is -2.08. The molecule has 0 unspecified atom stereocenters. The number of ether oxygens (including phenoxy) is 1. The lowest BCUT2D eigenvalue weighted by Crippen LogP contribution is -2.10. The van der Waals surface area contributed by atoms with Crippen molar-refractivity contribution >= 4 is 11.7 Å². The van der Waals surface area contributed by atoms with E-state index in [4.69, 9.17) is 4.74 Å². The first-order chi connectivity index (χ1) is 13.7. The van der Waals surface area contributed by atoms with Crippen LogP contribution >= 0.6 is 0 Å². The minimum atomic E-state index is -4.56. The molecule has 0 spiro atoms. The molecular formula is C17H12F3N5O4. The first-order valence-electron chi connectivity index (χ1n) is 8.02. The van der Waals surface area contributed by atoms with Crippen LogP contribution in [0.3, 0.4) is 0 Å². The number of hydrogen-bond acceptors (Lipinski definition) is 7. The summed E-state index contributed by atoms with van der Waals surface area (Å²) in [7, 11) is 0. The van der Waals surface area contributed by atoms with Gasteiger partial charge in [-0.3, -0.25) is 15.1 Å². The molecule has 0 aliphatic carbocycles. The van der Waals surface area contributed by atoms with Gasteiger partial charge in [-0.15, -0.1) is 5.10 Å². The molecule has 2 aromatic heterocycles. The second-order valence-electron chi connectivity index (χ2n) is 5.87. The number of alkyl halides is 3. The molecule has 29 heavy (non-hydrogen) atoms. The Labute approximate surface area is 160 Å². The first-order valence-corrected chi connectivity index (χ1v) is 8.02. The Morgan fingerprint density at radius 1 is 1.28 bits per heavy atom. The van der Waals surface area contributed by atoms with Crippen LogP contribution in [0.25, 0.3) is 5.69 Å². The largest absolute Gasteiger partial charge is 0.456 e. The minimum absolute atomic E-state index is 0.0527. The van der Waals surface area contributed by atoms with Crippen molar-refractivity contribution < 1.29 is 27.6 Å². The fraction of sp³-hybridized carbons (Fsp3) is 0.176. The number of nitro groups is 1. The molecule has 0 fully saturated rings. The Bertz CT molecular complexity index is 1080. The second kappa shape index (κ2) is 7.66. The summed E-state index contributed by atoms with van der Waals surface area (Å²) in [5, 5.41) is 18.4. The van der Waals surface area contributed by atoms with Crippen LogP contribution in [0.5, 0.6) is 0 Å². The van der Waals surface area contributed by atoms with Crippen molar-refractivity contribution in [2.24, 2.45) is 0 Å². The highest BCUT2D eigenvalue weighted by atomic mass is 19.4. The molecule has 0 saturated heterocycles. The number of non-ortho nitro benzene ring substituents is 1. The van der Waals surface area contributed by atoms with Gasteiger partial charge >= 0.3 is 12.1 Å². The van der Waals surface area contributed by atoms with Gasteiger partial charge in [0, 0.05) is 30.1 Å². The van der Waals surface area contributed by atoms with Crippen molar-refractivity contribution in [3.63, 3.8) is 0 Å². The Balaban J connectivity index is 1.76. The molecule has 12 heteroatoms. The number of esters is 1. The minimum Gasteiger partial charge on any atom is -0.456 e. The van der Waals surface area contributed by atoms with Crippen molar-refractivity contribution in [2.75, 3.05) is 0 Å². The predicted molar refractivity (Wildman–Crippen MR) is 91.1 cm³/mol. The molecule has 3 rings (SSSR count). The lowest BCUT2D eigenvalue weighted by molar-refractivity contribution is -0.384. The number of benzene rings is 1. The smallest absolute Gasteiger partial charge is 0.417 e. The van der Waals surface area contributed by atoms with E-state index in [9.17, 15) is 28.1 Å².